The van der Waals surface area contributed by atoms with Gasteiger partial charge in [-0.25, -0.2) is 0 Å². The third kappa shape index (κ3) is 7.94. The maximum atomic E-state index is 2.30. The Kier molecular flexibility index (Phi) is 8.86. The van der Waals surface area contributed by atoms with Crippen molar-refractivity contribution in [3.8, 4) is 0 Å². The Morgan fingerprint density at radius 3 is 1.42 bits per heavy atom. The Hall–Kier alpha value is -1.38. The maximum Gasteiger partial charge on any atom is 0.0202 e. The van der Waals surface area contributed by atoms with Crippen LogP contribution in [0.1, 0.15) is 25.0 Å². The van der Waals surface area contributed by atoms with Crippen molar-refractivity contribution >= 4 is 35.7 Å². The summed E-state index contributed by atoms with van der Waals surface area (Å²) in [5, 5.41) is 1.11. The van der Waals surface area contributed by atoms with Crippen LogP contribution in [0, 0.1) is 0 Å². The van der Waals surface area contributed by atoms with E-state index in [1.165, 1.54) is 22.6 Å². The van der Waals surface area contributed by atoms with Gasteiger partial charge in [0.25, 0.3) is 0 Å². The molecule has 126 valence electrons. The molecule has 0 radical (unpaired) electrons. The van der Waals surface area contributed by atoms with Crippen molar-refractivity contribution in [2.45, 2.75) is 24.3 Å². The minimum Gasteiger partial charge on any atom is -0.154 e. The second kappa shape index (κ2) is 11.2. The first kappa shape index (κ1) is 19.0. The molecule has 0 aliphatic heterocycles. The number of hydrogen-bond acceptors (Lipinski definition) is 2. The topological polar surface area (TPSA) is 0 Å². The second-order valence-corrected chi connectivity index (χ2v) is 8.66. The molecule has 0 heterocycles. The highest BCUT2D eigenvalue weighted by Crippen LogP contribution is 2.19. The zero-order valence-electron chi connectivity index (χ0n) is 14.5. The van der Waals surface area contributed by atoms with Gasteiger partial charge in [0, 0.05) is 22.0 Å². The standard InChI is InChI=1S/C22H26S2/c1-19(13-15-21-9-5-3-6-10-21)23-17-18-24-20(2)14-16-22-11-7-4-8-12-22/h3-16,19-20H,17-18H2,1-2H3/b15-13+,16-14+. The molecular weight excluding hydrogens is 328 g/mol. The average Bonchev–Trinajstić information content (AvgIpc) is 2.63. The number of rotatable bonds is 9. The second-order valence-electron chi connectivity index (χ2n) is 5.69. The number of thioether (sulfide) groups is 2. The van der Waals surface area contributed by atoms with Crippen molar-refractivity contribution in [2.24, 2.45) is 0 Å². The molecule has 0 bridgehead atoms. The molecule has 2 aromatic carbocycles. The lowest BCUT2D eigenvalue weighted by Crippen LogP contribution is -1.98. The first-order chi connectivity index (χ1) is 11.7. The van der Waals surface area contributed by atoms with Gasteiger partial charge in [-0.3, -0.25) is 0 Å². The predicted octanol–water partition coefficient (Wildman–Crippen LogP) is 6.66. The van der Waals surface area contributed by atoms with Crippen LogP contribution < -0.4 is 0 Å². The molecule has 2 atom stereocenters. The molecule has 2 heteroatoms. The highest BCUT2D eigenvalue weighted by atomic mass is 32.2. The van der Waals surface area contributed by atoms with Crippen molar-refractivity contribution in [2.75, 3.05) is 11.5 Å². The molecule has 0 fully saturated rings. The van der Waals surface area contributed by atoms with E-state index in [2.05, 4.69) is 98.8 Å². The van der Waals surface area contributed by atoms with Crippen LogP contribution in [0.5, 0.6) is 0 Å². The van der Waals surface area contributed by atoms with Crippen LogP contribution in [0.15, 0.2) is 72.8 Å². The molecule has 0 N–H and O–H groups in total. The quantitative estimate of drug-likeness (QED) is 0.462. The van der Waals surface area contributed by atoms with Crippen LogP contribution >= 0.6 is 23.5 Å². The largest absolute Gasteiger partial charge is 0.154 e. The van der Waals surface area contributed by atoms with E-state index in [0.717, 1.165) is 0 Å². The van der Waals surface area contributed by atoms with Crippen LogP contribution in [0.2, 0.25) is 0 Å². The normalized spacial score (nSPS) is 14.2. The van der Waals surface area contributed by atoms with E-state index in [1.807, 2.05) is 23.5 Å². The lowest BCUT2D eigenvalue weighted by Gasteiger charge is -2.08. The summed E-state index contributed by atoms with van der Waals surface area (Å²) in [5.74, 6) is 2.38. The van der Waals surface area contributed by atoms with Crippen molar-refractivity contribution in [3.05, 3.63) is 83.9 Å². The smallest absolute Gasteiger partial charge is 0.0202 e. The minimum absolute atomic E-state index is 0.556. The summed E-state index contributed by atoms with van der Waals surface area (Å²) < 4.78 is 0. The van der Waals surface area contributed by atoms with Crippen LogP contribution in [0.3, 0.4) is 0 Å². The van der Waals surface area contributed by atoms with Gasteiger partial charge in [-0.2, -0.15) is 23.5 Å². The zero-order valence-corrected chi connectivity index (χ0v) is 16.1. The molecule has 0 amide bonds. The molecule has 0 aromatic heterocycles. The van der Waals surface area contributed by atoms with Gasteiger partial charge in [0.2, 0.25) is 0 Å². The van der Waals surface area contributed by atoms with Gasteiger partial charge in [0.05, 0.1) is 0 Å². The van der Waals surface area contributed by atoms with Crippen LogP contribution in [0.4, 0.5) is 0 Å². The number of benzene rings is 2. The van der Waals surface area contributed by atoms with E-state index in [0.29, 0.717) is 10.5 Å². The lowest BCUT2D eigenvalue weighted by atomic mass is 10.2. The van der Waals surface area contributed by atoms with Gasteiger partial charge < -0.3 is 0 Å². The molecular formula is C22H26S2. The average molecular weight is 355 g/mol. The highest BCUT2D eigenvalue weighted by Gasteiger charge is 2.01. The van der Waals surface area contributed by atoms with Crippen LogP contribution in [-0.4, -0.2) is 22.0 Å². The summed E-state index contributed by atoms with van der Waals surface area (Å²) in [6.45, 7) is 4.54. The van der Waals surface area contributed by atoms with Crippen molar-refractivity contribution in [3.63, 3.8) is 0 Å². The van der Waals surface area contributed by atoms with E-state index in [9.17, 15) is 0 Å². The summed E-state index contributed by atoms with van der Waals surface area (Å²) >= 11 is 4.04. The molecule has 24 heavy (non-hydrogen) atoms. The van der Waals surface area contributed by atoms with Gasteiger partial charge in [-0.1, -0.05) is 85.0 Å². The summed E-state index contributed by atoms with van der Waals surface area (Å²) in [7, 11) is 0. The van der Waals surface area contributed by atoms with Crippen molar-refractivity contribution in [1.82, 2.24) is 0 Å². The van der Waals surface area contributed by atoms with E-state index in [-0.39, 0.29) is 0 Å². The fourth-order valence-electron chi connectivity index (χ4n) is 2.20. The van der Waals surface area contributed by atoms with Crippen LogP contribution in [-0.2, 0) is 0 Å². The third-order valence-corrected chi connectivity index (χ3v) is 6.07. The van der Waals surface area contributed by atoms with Crippen molar-refractivity contribution < 1.29 is 0 Å². The summed E-state index contributed by atoms with van der Waals surface area (Å²) in [5.41, 5.74) is 2.55. The maximum absolute atomic E-state index is 2.30. The molecule has 2 aromatic rings. The van der Waals surface area contributed by atoms with Gasteiger partial charge >= 0.3 is 0 Å². The Morgan fingerprint density at radius 1 is 0.667 bits per heavy atom. The fourth-order valence-corrected chi connectivity index (χ4v) is 4.09. The molecule has 2 rings (SSSR count). The van der Waals surface area contributed by atoms with E-state index < -0.39 is 0 Å². The van der Waals surface area contributed by atoms with Crippen LogP contribution in [0.25, 0.3) is 12.2 Å². The fraction of sp³-hybridized carbons (Fsp3) is 0.273. The minimum atomic E-state index is 0.556. The molecule has 0 saturated carbocycles. The highest BCUT2D eigenvalue weighted by molar-refractivity contribution is 8.03. The zero-order chi connectivity index (χ0) is 17.0. The Balaban J connectivity index is 1.62. The summed E-state index contributed by atoms with van der Waals surface area (Å²) in [6.07, 6.45) is 9.03. The predicted molar refractivity (Wildman–Crippen MR) is 115 cm³/mol. The Morgan fingerprint density at radius 2 is 1.04 bits per heavy atom. The molecule has 0 spiro atoms. The van der Waals surface area contributed by atoms with Gasteiger partial charge in [0.1, 0.15) is 0 Å². The van der Waals surface area contributed by atoms with Crippen molar-refractivity contribution in [1.29, 1.82) is 0 Å². The molecule has 2 unspecified atom stereocenters. The lowest BCUT2D eigenvalue weighted by molar-refractivity contribution is 1.23. The van der Waals surface area contributed by atoms with E-state index in [4.69, 9.17) is 0 Å². The molecule has 0 aliphatic rings. The third-order valence-electron chi connectivity index (χ3n) is 3.56. The first-order valence-corrected chi connectivity index (χ1v) is 10.5. The molecule has 0 nitrogen and oxygen atoms in total. The van der Waals surface area contributed by atoms with Gasteiger partial charge in [0.15, 0.2) is 0 Å². The van der Waals surface area contributed by atoms with E-state index >= 15 is 0 Å². The monoisotopic (exact) mass is 354 g/mol. The summed E-state index contributed by atoms with van der Waals surface area (Å²) in [4.78, 5) is 0. The molecule has 0 saturated heterocycles. The molecule has 0 aliphatic carbocycles. The summed E-state index contributed by atoms with van der Waals surface area (Å²) in [6, 6.07) is 21.0. The Labute approximate surface area is 155 Å². The first-order valence-electron chi connectivity index (χ1n) is 8.44. The number of hydrogen-bond donors (Lipinski definition) is 0. The van der Waals surface area contributed by atoms with E-state index in [1.54, 1.807) is 0 Å². The SMILES string of the molecule is CC(/C=C/c1ccccc1)SCCSC(C)/C=C/c1ccccc1. The Bertz CT molecular complexity index is 559. The van der Waals surface area contributed by atoms with Gasteiger partial charge in [-0.15, -0.1) is 0 Å². The van der Waals surface area contributed by atoms with Gasteiger partial charge in [-0.05, 0) is 25.0 Å².